The number of pyridine rings is 1. The Kier molecular flexibility index (Phi) is 12.1. The summed E-state index contributed by atoms with van der Waals surface area (Å²) in [6.07, 6.45) is 6.58. The Labute approximate surface area is 387 Å². The molecule has 1 aliphatic carbocycles. The molecule has 67 heavy (non-hydrogen) atoms. The van der Waals surface area contributed by atoms with Crippen molar-refractivity contribution in [2.24, 2.45) is 11.3 Å². The Balaban J connectivity index is 0.692. The first-order chi connectivity index (χ1) is 32.5. The molecule has 1 aromatic heterocycles. The van der Waals surface area contributed by atoms with Gasteiger partial charge in [-0.25, -0.2) is 4.39 Å². The van der Waals surface area contributed by atoms with Crippen LogP contribution in [-0.4, -0.2) is 103 Å². The van der Waals surface area contributed by atoms with Crippen molar-refractivity contribution >= 4 is 63.2 Å². The number of carbonyl (C=O) groups is 5. The number of nitrogens with zero attached hydrogens (tertiary/aromatic N) is 4. The predicted octanol–water partition coefficient (Wildman–Crippen LogP) is 6.67. The Morgan fingerprint density at radius 2 is 1.43 bits per heavy atom. The van der Waals surface area contributed by atoms with Gasteiger partial charge in [-0.05, 0) is 129 Å². The van der Waals surface area contributed by atoms with Crippen molar-refractivity contribution in [1.29, 1.82) is 0 Å². The second kappa shape index (κ2) is 18.4. The number of piperidine rings is 2. The number of methoxy groups -OCH3 is 1. The number of piperazine rings is 1. The van der Waals surface area contributed by atoms with E-state index in [9.17, 15) is 28.4 Å². The van der Waals surface area contributed by atoms with Gasteiger partial charge in [0.15, 0.2) is 0 Å². The highest BCUT2D eigenvalue weighted by molar-refractivity contribution is 6.17. The van der Waals surface area contributed by atoms with Crippen LogP contribution >= 0.6 is 0 Å². The normalized spacial score (nSPS) is 21.5. The molecule has 5 aliphatic rings. The zero-order valence-corrected chi connectivity index (χ0v) is 37.3. The van der Waals surface area contributed by atoms with Crippen LogP contribution in [0.15, 0.2) is 97.2 Å². The molecular weight excluding hydrogens is 856 g/mol. The van der Waals surface area contributed by atoms with Crippen molar-refractivity contribution in [3.05, 3.63) is 109 Å². The summed E-state index contributed by atoms with van der Waals surface area (Å²) in [4.78, 5) is 75.1. The fraction of sp³-hybridized carbons (Fsp3) is 0.373. The minimum absolute atomic E-state index is 0.0453. The third-order valence-electron chi connectivity index (χ3n) is 14.2. The Morgan fingerprint density at radius 1 is 0.791 bits per heavy atom. The van der Waals surface area contributed by atoms with Gasteiger partial charge in [0.25, 0.3) is 0 Å². The van der Waals surface area contributed by atoms with E-state index in [1.165, 1.54) is 24.3 Å². The van der Waals surface area contributed by atoms with Gasteiger partial charge in [-0.3, -0.25) is 44.1 Å². The van der Waals surface area contributed by atoms with E-state index >= 15 is 0 Å². The maximum absolute atomic E-state index is 13.3. The van der Waals surface area contributed by atoms with Gasteiger partial charge in [-0.1, -0.05) is 12.1 Å². The standard InChI is InChI=1S/C51H53FN8O7/c1-66-45-25-41-42(53-21-16-44(41)67-39-12-10-36(11-13-39)56-50(65)51(19-20-51)49(64)55-35-8-4-33(52)5-9-35)26-43(45)58-22-17-31(18-23-58)27-59-28-38-24-37(59)29-60(38)30-47(62)54-34-6-2-32(3-7-34)40-14-15-46(61)57-48(40)63/h2-13,16,21,25-26,31,37-38,40H,14-15,17-20,22-24,27-30H2,1H3,(H,54,62)(H,55,64)(H,56,65)(H,57,61,63)/t37-,38-,40?/m0/s1. The second-order valence-corrected chi connectivity index (χ2v) is 18.5. The number of halogens is 1. The first-order valence-corrected chi connectivity index (χ1v) is 23.1. The third kappa shape index (κ3) is 9.41. The van der Waals surface area contributed by atoms with Crippen molar-refractivity contribution in [3.8, 4) is 17.2 Å². The lowest BCUT2D eigenvalue weighted by molar-refractivity contribution is -0.134. The first kappa shape index (κ1) is 44.0. The summed E-state index contributed by atoms with van der Waals surface area (Å²) < 4.78 is 25.6. The van der Waals surface area contributed by atoms with Crippen LogP contribution in [0.1, 0.15) is 56.4 Å². The minimum Gasteiger partial charge on any atom is -0.495 e. The van der Waals surface area contributed by atoms with Crippen molar-refractivity contribution in [3.63, 3.8) is 0 Å². The van der Waals surface area contributed by atoms with Gasteiger partial charge in [-0.15, -0.1) is 0 Å². The zero-order valence-electron chi connectivity index (χ0n) is 37.3. The van der Waals surface area contributed by atoms with Crippen LogP contribution in [0.2, 0.25) is 0 Å². The van der Waals surface area contributed by atoms with Crippen LogP contribution in [0.4, 0.5) is 27.1 Å². The summed E-state index contributed by atoms with van der Waals surface area (Å²) in [6, 6.07) is 26.4. The number of hydrogen-bond acceptors (Lipinski definition) is 11. The lowest BCUT2D eigenvalue weighted by Crippen LogP contribution is -2.50. The smallest absolute Gasteiger partial charge is 0.240 e. The molecule has 4 aromatic carbocycles. The van der Waals surface area contributed by atoms with Crippen molar-refractivity contribution in [2.45, 2.75) is 62.9 Å². The number of aromatic nitrogens is 1. The number of hydrogen-bond donors (Lipinski definition) is 4. The molecule has 4 N–H and O–H groups in total. The molecule has 0 radical (unpaired) electrons. The number of benzene rings is 4. The molecule has 1 unspecified atom stereocenters. The molecule has 4 saturated heterocycles. The quantitative estimate of drug-likeness (QED) is 0.0693. The largest absolute Gasteiger partial charge is 0.495 e. The molecule has 15 nitrogen and oxygen atoms in total. The van der Waals surface area contributed by atoms with Gasteiger partial charge in [-0.2, -0.15) is 0 Å². The van der Waals surface area contributed by atoms with Gasteiger partial charge in [0.05, 0.1) is 30.8 Å². The van der Waals surface area contributed by atoms with Crippen LogP contribution in [0, 0.1) is 17.2 Å². The van der Waals surface area contributed by atoms with E-state index in [0.717, 1.165) is 79.9 Å². The maximum atomic E-state index is 13.3. The lowest BCUT2D eigenvalue weighted by atomic mass is 9.90. The fourth-order valence-corrected chi connectivity index (χ4v) is 10.2. The van der Waals surface area contributed by atoms with E-state index in [1.807, 2.05) is 36.4 Å². The van der Waals surface area contributed by atoms with Crippen LogP contribution < -0.4 is 35.6 Å². The van der Waals surface area contributed by atoms with E-state index in [2.05, 4.69) is 42.0 Å². The molecule has 5 aromatic rings. The highest BCUT2D eigenvalue weighted by Gasteiger charge is 2.56. The average Bonchev–Trinajstić information content (AvgIpc) is 3.94. The van der Waals surface area contributed by atoms with Crippen LogP contribution in [0.5, 0.6) is 17.2 Å². The van der Waals surface area contributed by atoms with Gasteiger partial charge < -0.3 is 30.3 Å². The lowest BCUT2D eigenvalue weighted by Gasteiger charge is -2.39. The molecule has 5 heterocycles. The van der Waals surface area contributed by atoms with Gasteiger partial charge in [0.2, 0.25) is 29.5 Å². The number of likely N-dealkylation sites (tertiary alicyclic amines) is 2. The van der Waals surface area contributed by atoms with Crippen molar-refractivity contribution in [1.82, 2.24) is 20.1 Å². The molecule has 10 rings (SSSR count). The molecule has 346 valence electrons. The average molecular weight is 909 g/mol. The van der Waals surface area contributed by atoms with E-state index in [0.29, 0.717) is 78.8 Å². The topological polar surface area (TPSA) is 175 Å². The summed E-state index contributed by atoms with van der Waals surface area (Å²) in [5.74, 6) is 0.358. The number of ether oxygens (including phenoxy) is 2. The second-order valence-electron chi connectivity index (χ2n) is 18.5. The predicted molar refractivity (Wildman–Crippen MR) is 251 cm³/mol. The summed E-state index contributed by atoms with van der Waals surface area (Å²) in [6.45, 7) is 5.04. The number of fused-ring (bicyclic) bond motifs is 3. The number of imide groups is 1. The van der Waals surface area contributed by atoms with Crippen LogP contribution in [-0.2, 0) is 24.0 Å². The molecule has 4 aliphatic heterocycles. The van der Waals surface area contributed by atoms with Crippen LogP contribution in [0.3, 0.4) is 0 Å². The van der Waals surface area contributed by atoms with Gasteiger partial charge in [0.1, 0.15) is 28.5 Å². The number of nitrogens with one attached hydrogen (secondary N) is 4. The molecule has 2 bridgehead atoms. The molecule has 16 heteroatoms. The van der Waals surface area contributed by atoms with E-state index in [1.54, 1.807) is 37.6 Å². The summed E-state index contributed by atoms with van der Waals surface area (Å²) in [5.41, 5.74) is 3.10. The molecule has 3 atom stereocenters. The van der Waals surface area contributed by atoms with Gasteiger partial charge >= 0.3 is 0 Å². The van der Waals surface area contributed by atoms with Crippen molar-refractivity contribution in [2.75, 3.05) is 67.2 Å². The van der Waals surface area contributed by atoms with Crippen molar-refractivity contribution < 1.29 is 37.8 Å². The molecule has 0 spiro atoms. The Hall–Kier alpha value is -6.91. The summed E-state index contributed by atoms with van der Waals surface area (Å²) in [5, 5.41) is 11.8. The zero-order chi connectivity index (χ0) is 46.2. The van der Waals surface area contributed by atoms with E-state index < -0.39 is 23.0 Å². The number of rotatable bonds is 14. The molecular formula is C51H53FN8O7. The summed E-state index contributed by atoms with van der Waals surface area (Å²) in [7, 11) is 1.68. The number of amides is 5. The first-order valence-electron chi connectivity index (χ1n) is 23.1. The monoisotopic (exact) mass is 908 g/mol. The molecule has 1 saturated carbocycles. The maximum Gasteiger partial charge on any atom is 0.240 e. The summed E-state index contributed by atoms with van der Waals surface area (Å²) >= 11 is 0. The third-order valence-corrected chi connectivity index (χ3v) is 14.2. The van der Waals surface area contributed by atoms with E-state index in [-0.39, 0.29) is 23.6 Å². The highest BCUT2D eigenvalue weighted by atomic mass is 19.1. The van der Waals surface area contributed by atoms with E-state index in [4.69, 9.17) is 14.5 Å². The van der Waals surface area contributed by atoms with Gasteiger partial charge in [0, 0.05) is 79.9 Å². The number of carbonyl (C=O) groups excluding carboxylic acids is 5. The SMILES string of the molecule is COc1cc2c(Oc3ccc(NC(=O)C4(C(=O)Nc5ccc(F)cc5)CC4)cc3)ccnc2cc1N1CCC(CN2C[C@@H]3C[C@H]2CN3CC(=O)Nc2ccc(C3CCC(=O)NC3=O)cc2)CC1. The Bertz CT molecular complexity index is 2710. The minimum atomic E-state index is -1.17. The fourth-order valence-electron chi connectivity index (χ4n) is 10.2. The Morgan fingerprint density at radius 3 is 2.07 bits per heavy atom. The molecule has 5 amide bonds. The number of anilines is 4. The highest BCUT2D eigenvalue weighted by Crippen LogP contribution is 2.48. The van der Waals surface area contributed by atoms with Crippen LogP contribution in [0.25, 0.3) is 10.9 Å². The molecule has 5 fully saturated rings.